The van der Waals surface area contributed by atoms with Crippen LogP contribution in [-0.2, 0) is 102 Å². The highest BCUT2D eigenvalue weighted by atomic mass is 32.2. The first-order valence-electron chi connectivity index (χ1n) is 40.7. The molecule has 0 spiro atoms. The summed E-state index contributed by atoms with van der Waals surface area (Å²) < 4.78 is 0. The average Bonchev–Trinajstić information content (AvgIpc) is 1.60. The molecule has 2 aromatic carbocycles. The molecule has 3 aliphatic heterocycles. The van der Waals surface area contributed by atoms with Crippen LogP contribution in [0.3, 0.4) is 0 Å². The minimum atomic E-state index is -1.56. The zero-order valence-electron chi connectivity index (χ0n) is 68.7. The molecule has 1 aliphatic carbocycles. The van der Waals surface area contributed by atoms with E-state index in [4.69, 9.17) is 11.5 Å². The maximum Gasteiger partial charge on any atom is 0.317 e. The highest BCUT2D eigenvalue weighted by Crippen LogP contribution is 2.40. The van der Waals surface area contributed by atoms with Gasteiger partial charge in [0.15, 0.2) is 0 Å². The number of thioether (sulfide) groups is 1. The third kappa shape index (κ3) is 28.8. The van der Waals surface area contributed by atoms with Gasteiger partial charge >= 0.3 is 17.9 Å². The number of primary amides is 2. The molecular weight excluding hydrogens is 1580 g/mol. The fourth-order valence-electron chi connectivity index (χ4n) is 15.3. The number of carbonyl (C=O) groups excluding carboxylic acids is 13. The van der Waals surface area contributed by atoms with Gasteiger partial charge in [-0.05, 0) is 117 Å². The molecule has 0 radical (unpaired) electrons. The standard InChI is InChI=1S/C80H116N20O19S/c1-45(2)32-59(76(115)90-56(71(82)110)22-31-120-6)93-77(116)61(35-53-38-83-44-87-53)89-64(102)39-86-79(118)69(46(3)4)95-72(111)47(5)88-75(114)60(33-52-37-84-55-13-8-7-12-54(52)55)94-74(113)57(20-21-63(81)101)91-78(117)62-34-51-11-9-10-49-18-19-58(80(119)100(62)70(49)51)92-73(112)50-16-14-48(15-17-50)36-85-65(103)40-96-23-25-97(41-66(104)105)27-29-99(43-68(108)109)30-28-98(26-24-96)42-67(106)107/h7-13,37-38,44-48,50,56-62,69,84H,14-36,39-43H2,1-6H3,(H2,81,101)(H2,82,110)(H,83,87)(H,85,103)(H,86,118)(H,88,114)(H,89,102)(H,90,115)(H,91,117)(H,92,112)(H,93,116)(H,94,113)(H,95,111)(H,104,105)(H,106,107)(H,108,109)/t47-,48?,50?,56-,57-,58-,59-,60-,61-,62-,69-/m0/s1. The van der Waals surface area contributed by atoms with Crippen LogP contribution in [0.25, 0.3) is 10.9 Å². The Morgan fingerprint density at radius 3 is 1.73 bits per heavy atom. The smallest absolute Gasteiger partial charge is 0.317 e. The molecule has 19 N–H and O–H groups in total. The minimum absolute atomic E-state index is 0.00339. The summed E-state index contributed by atoms with van der Waals surface area (Å²) in [5.41, 5.74) is 14.8. The molecule has 4 aromatic rings. The SMILES string of the molecule is CSCC[C@H](NC(=O)[C@H](CC(C)C)NC(=O)[C@H](Cc1cnc[nH]1)NC(=O)CNC(=O)[C@@H](NC(=O)[C@H](C)NC(=O)[C@H](Cc1c[nH]c2ccccc12)NC(=O)[C@H](CCC(N)=O)NC(=O)[C@@H]1Cc2cccc3c2N1C(=O)[C@@H](NC(=O)C1CCC(CNC(=O)CN2CCN(CC(=O)O)CCN(CC(=O)O)CCN(CC(=O)O)CC2)CC1)CC3)C(C)C)C(N)=O. The maximum absolute atomic E-state index is 15.1. The second-order valence-electron chi connectivity index (χ2n) is 32.0. The third-order valence-electron chi connectivity index (χ3n) is 21.9. The summed E-state index contributed by atoms with van der Waals surface area (Å²) in [7, 11) is 0. The van der Waals surface area contributed by atoms with Gasteiger partial charge in [0.05, 0.1) is 44.7 Å². The van der Waals surface area contributed by atoms with Crippen LogP contribution in [-0.4, -0.2) is 303 Å². The molecule has 0 bridgehead atoms. The number of rotatable bonds is 42. The number of aromatic amines is 2. The van der Waals surface area contributed by atoms with Crippen molar-refractivity contribution in [2.45, 2.75) is 172 Å². The number of aromatic nitrogens is 3. The lowest BCUT2D eigenvalue weighted by Gasteiger charge is -2.33. The highest BCUT2D eigenvalue weighted by molar-refractivity contribution is 7.98. The van der Waals surface area contributed by atoms with Gasteiger partial charge in [-0.15, -0.1) is 0 Å². The number of hydrogen-bond donors (Lipinski definition) is 17. The summed E-state index contributed by atoms with van der Waals surface area (Å²) in [6.45, 7) is 8.72. The van der Waals surface area contributed by atoms with Crippen LogP contribution < -0.4 is 69.5 Å². The number of benzene rings is 2. The van der Waals surface area contributed by atoms with Gasteiger partial charge in [-0.3, -0.25) is 101 Å². The molecule has 4 aliphatic rings. The fraction of sp³-hybridized carbons (Fsp3) is 0.588. The lowest BCUT2D eigenvalue weighted by molar-refractivity contribution is -0.140. The van der Waals surface area contributed by atoms with Gasteiger partial charge in [-0.1, -0.05) is 64.1 Å². The van der Waals surface area contributed by atoms with Crippen LogP contribution in [0.4, 0.5) is 5.69 Å². The van der Waals surface area contributed by atoms with Crippen molar-refractivity contribution >= 4 is 123 Å². The third-order valence-corrected chi connectivity index (χ3v) is 22.6. The van der Waals surface area contributed by atoms with Crippen LogP contribution in [0.1, 0.15) is 115 Å². The van der Waals surface area contributed by atoms with Crippen molar-refractivity contribution in [2.75, 3.05) is 109 Å². The zero-order chi connectivity index (χ0) is 87.4. The summed E-state index contributed by atoms with van der Waals surface area (Å²) in [6, 6.07) is 0.903. The van der Waals surface area contributed by atoms with Crippen molar-refractivity contribution in [3.05, 3.63) is 83.6 Å². The Morgan fingerprint density at radius 1 is 0.575 bits per heavy atom. The van der Waals surface area contributed by atoms with Crippen LogP contribution in [0.5, 0.6) is 0 Å². The molecule has 40 heteroatoms. The summed E-state index contributed by atoms with van der Waals surface area (Å²) >= 11 is 1.45. The van der Waals surface area contributed by atoms with E-state index in [1.54, 1.807) is 71.1 Å². The van der Waals surface area contributed by atoms with E-state index in [0.717, 1.165) is 5.56 Å². The predicted octanol–water partition coefficient (Wildman–Crippen LogP) is -2.80. The maximum atomic E-state index is 15.1. The summed E-state index contributed by atoms with van der Waals surface area (Å²) in [4.78, 5) is 235. The van der Waals surface area contributed by atoms with Gasteiger partial charge in [0.2, 0.25) is 76.8 Å². The van der Waals surface area contributed by atoms with E-state index < -0.39 is 162 Å². The molecule has 1 saturated heterocycles. The normalized spacial score (nSPS) is 19.3. The Hall–Kier alpha value is -11.1. The molecule has 39 nitrogen and oxygen atoms in total. The summed E-state index contributed by atoms with van der Waals surface area (Å²) in [5, 5.41) is 56.7. The number of imidazole rings is 1. The topological polar surface area (TPSA) is 567 Å². The number of H-pyrrole nitrogens is 2. The molecule has 8 rings (SSSR count). The Labute approximate surface area is 699 Å². The molecule has 5 heterocycles. The van der Waals surface area contributed by atoms with Crippen molar-refractivity contribution in [2.24, 2.45) is 35.1 Å². The quantitative estimate of drug-likeness (QED) is 0.0213. The van der Waals surface area contributed by atoms with Gasteiger partial charge in [0.1, 0.15) is 54.4 Å². The number of hydrogen-bond acceptors (Lipinski definition) is 22. The lowest BCUT2D eigenvalue weighted by Crippen LogP contribution is -2.60. The molecule has 120 heavy (non-hydrogen) atoms. The highest BCUT2D eigenvalue weighted by Gasteiger charge is 2.46. The Balaban J connectivity index is 0.884. The van der Waals surface area contributed by atoms with Gasteiger partial charge in [-0.25, -0.2) is 4.98 Å². The minimum Gasteiger partial charge on any atom is -0.480 e. The number of nitrogens with two attached hydrogens (primary N) is 2. The Kier molecular flexibility index (Phi) is 36.1. The van der Waals surface area contributed by atoms with Crippen molar-refractivity contribution in [1.82, 2.24) is 87.7 Å². The van der Waals surface area contributed by atoms with E-state index in [0.29, 0.717) is 77.8 Å². The van der Waals surface area contributed by atoms with E-state index >= 15 is 9.59 Å². The molecule has 0 unspecified atom stereocenters. The van der Waals surface area contributed by atoms with Crippen molar-refractivity contribution in [1.29, 1.82) is 0 Å². The van der Waals surface area contributed by atoms with Gasteiger partial charge in [0.25, 0.3) is 0 Å². The van der Waals surface area contributed by atoms with E-state index in [1.165, 1.54) is 36.1 Å². The van der Waals surface area contributed by atoms with Crippen molar-refractivity contribution in [3.63, 3.8) is 0 Å². The largest absolute Gasteiger partial charge is 0.480 e. The van der Waals surface area contributed by atoms with Gasteiger partial charge in [-0.2, -0.15) is 11.8 Å². The molecule has 2 aromatic heterocycles. The summed E-state index contributed by atoms with van der Waals surface area (Å²) in [5.74, 6) is -13.4. The molecule has 2 fully saturated rings. The molecule has 1 saturated carbocycles. The molecule has 656 valence electrons. The first kappa shape index (κ1) is 94.4. The number of fused-ring (bicyclic) bond motifs is 1. The fourth-order valence-corrected chi connectivity index (χ4v) is 15.8. The van der Waals surface area contributed by atoms with Crippen LogP contribution in [0.15, 0.2) is 61.2 Å². The number of nitrogens with one attached hydrogen (secondary N) is 12. The molecule has 13 amide bonds. The number of amides is 13. The molecular formula is C80H116N20O19S. The number of carboxylic acid groups (broad SMARTS) is 3. The van der Waals surface area contributed by atoms with Crippen molar-refractivity contribution < 1.29 is 92.0 Å². The Bertz CT molecular complexity index is 4260. The second-order valence-corrected chi connectivity index (χ2v) is 33.0. The number of nitrogens with zero attached hydrogens (tertiary/aromatic N) is 6. The van der Waals surface area contributed by atoms with E-state index in [-0.39, 0.29) is 147 Å². The van der Waals surface area contributed by atoms with E-state index in [9.17, 15) is 82.4 Å². The first-order valence-corrected chi connectivity index (χ1v) is 42.1. The molecule has 9 atom stereocenters. The van der Waals surface area contributed by atoms with E-state index in [2.05, 4.69) is 68.1 Å². The van der Waals surface area contributed by atoms with Gasteiger partial charge in [0, 0.05) is 119 Å². The van der Waals surface area contributed by atoms with Gasteiger partial charge < -0.3 is 89.9 Å². The Morgan fingerprint density at radius 2 is 1.15 bits per heavy atom. The first-order chi connectivity index (χ1) is 57.1. The zero-order valence-corrected chi connectivity index (χ0v) is 69.5. The number of aryl methyl sites for hydroxylation is 1. The van der Waals surface area contributed by atoms with Crippen LogP contribution >= 0.6 is 11.8 Å². The number of carboxylic acids is 3. The number of carbonyl (C=O) groups is 16. The van der Waals surface area contributed by atoms with Crippen LogP contribution in [0, 0.1) is 23.7 Å². The number of anilines is 1. The monoisotopic (exact) mass is 1690 g/mol. The number of aliphatic carboxylic acids is 3. The lowest BCUT2D eigenvalue weighted by atomic mass is 9.81. The number of para-hydroxylation sites is 2. The summed E-state index contributed by atoms with van der Waals surface area (Å²) in [6.07, 6.45) is 8.03. The van der Waals surface area contributed by atoms with Crippen LogP contribution in [0.2, 0.25) is 0 Å². The second kappa shape index (κ2) is 45.9. The predicted molar refractivity (Wildman–Crippen MR) is 440 cm³/mol. The van der Waals surface area contributed by atoms with Crippen molar-refractivity contribution in [3.8, 4) is 0 Å². The van der Waals surface area contributed by atoms with E-state index in [1.807, 2.05) is 31.1 Å². The average molecular weight is 1690 g/mol.